The normalized spacial score (nSPS) is 30.5. The first-order valence-electron chi connectivity index (χ1n) is 8.80. The van der Waals surface area contributed by atoms with Crippen molar-refractivity contribution >= 4 is 5.91 Å². The van der Waals surface area contributed by atoms with E-state index in [-0.39, 0.29) is 11.3 Å². The van der Waals surface area contributed by atoms with Gasteiger partial charge in [0.25, 0.3) is 0 Å². The molecule has 6 nitrogen and oxygen atoms in total. The third-order valence-corrected chi connectivity index (χ3v) is 5.61. The summed E-state index contributed by atoms with van der Waals surface area (Å²) in [5.74, 6) is 0.726. The van der Waals surface area contributed by atoms with Crippen molar-refractivity contribution in [3.8, 4) is 0 Å². The molecule has 0 radical (unpaired) electrons. The van der Waals surface area contributed by atoms with Gasteiger partial charge in [-0.15, -0.1) is 0 Å². The summed E-state index contributed by atoms with van der Waals surface area (Å²) in [5.41, 5.74) is 1.27. The molecule has 2 atom stereocenters. The van der Waals surface area contributed by atoms with Gasteiger partial charge in [0.05, 0.1) is 26.4 Å². The monoisotopic (exact) mass is 331 g/mol. The summed E-state index contributed by atoms with van der Waals surface area (Å²) in [6.07, 6.45) is 4.28. The highest BCUT2D eigenvalue weighted by Crippen LogP contribution is 2.44. The second-order valence-corrected chi connectivity index (χ2v) is 7.27. The summed E-state index contributed by atoms with van der Waals surface area (Å²) < 4.78 is 11.1. The lowest BCUT2D eigenvalue weighted by Gasteiger charge is -2.32. The van der Waals surface area contributed by atoms with Crippen LogP contribution in [0.2, 0.25) is 0 Å². The molecule has 4 rings (SSSR count). The van der Waals surface area contributed by atoms with E-state index in [4.69, 9.17) is 9.47 Å². The van der Waals surface area contributed by atoms with E-state index >= 15 is 0 Å². The van der Waals surface area contributed by atoms with E-state index < -0.39 is 0 Å². The van der Waals surface area contributed by atoms with Gasteiger partial charge < -0.3 is 14.4 Å². The Morgan fingerprint density at radius 3 is 2.83 bits per heavy atom. The third-order valence-electron chi connectivity index (χ3n) is 5.61. The van der Waals surface area contributed by atoms with E-state index in [0.717, 1.165) is 39.3 Å². The lowest BCUT2D eigenvalue weighted by atomic mass is 9.77. The van der Waals surface area contributed by atoms with Crippen molar-refractivity contribution in [1.82, 2.24) is 14.8 Å². The maximum Gasteiger partial charge on any atom is 0.223 e. The van der Waals surface area contributed by atoms with Gasteiger partial charge in [-0.2, -0.15) is 0 Å². The average molecular weight is 331 g/mol. The highest BCUT2D eigenvalue weighted by Gasteiger charge is 2.51. The molecule has 4 heterocycles. The minimum absolute atomic E-state index is 0.0115. The van der Waals surface area contributed by atoms with Gasteiger partial charge in [-0.1, -0.05) is 0 Å². The molecule has 0 unspecified atom stereocenters. The van der Waals surface area contributed by atoms with Gasteiger partial charge in [-0.05, 0) is 17.7 Å². The first-order valence-corrected chi connectivity index (χ1v) is 8.80. The van der Waals surface area contributed by atoms with Gasteiger partial charge in [-0.3, -0.25) is 14.7 Å². The van der Waals surface area contributed by atoms with Gasteiger partial charge in [0.2, 0.25) is 5.91 Å². The molecular weight excluding hydrogens is 306 g/mol. The van der Waals surface area contributed by atoms with Crippen molar-refractivity contribution in [3.05, 3.63) is 30.1 Å². The summed E-state index contributed by atoms with van der Waals surface area (Å²) in [6.45, 7) is 7.13. The van der Waals surface area contributed by atoms with Crippen LogP contribution in [0.1, 0.15) is 12.0 Å². The van der Waals surface area contributed by atoms with Gasteiger partial charge in [0, 0.05) is 62.9 Å². The van der Waals surface area contributed by atoms with Crippen LogP contribution in [0.3, 0.4) is 0 Å². The molecule has 0 spiro atoms. The van der Waals surface area contributed by atoms with Crippen LogP contribution in [0.4, 0.5) is 0 Å². The Hall–Kier alpha value is -1.50. The lowest BCUT2D eigenvalue weighted by Crippen LogP contribution is -2.44. The fourth-order valence-electron chi connectivity index (χ4n) is 4.29. The van der Waals surface area contributed by atoms with E-state index in [1.54, 1.807) is 0 Å². The van der Waals surface area contributed by atoms with Gasteiger partial charge in [0.15, 0.2) is 0 Å². The Labute approximate surface area is 142 Å². The highest BCUT2D eigenvalue weighted by atomic mass is 16.5. The average Bonchev–Trinajstić information content (AvgIpc) is 3.12. The minimum Gasteiger partial charge on any atom is -0.380 e. The first-order chi connectivity index (χ1) is 11.8. The van der Waals surface area contributed by atoms with Crippen molar-refractivity contribution in [2.24, 2.45) is 11.3 Å². The van der Waals surface area contributed by atoms with Crippen LogP contribution < -0.4 is 0 Å². The molecule has 3 aliphatic rings. The van der Waals surface area contributed by atoms with Crippen LogP contribution in [0.5, 0.6) is 0 Å². The molecule has 0 aliphatic carbocycles. The number of hydrogen-bond acceptors (Lipinski definition) is 5. The summed E-state index contributed by atoms with van der Waals surface area (Å²) in [6, 6.07) is 4.13. The highest BCUT2D eigenvalue weighted by molar-refractivity contribution is 5.77. The quantitative estimate of drug-likeness (QED) is 0.816. The van der Waals surface area contributed by atoms with Gasteiger partial charge in [-0.25, -0.2) is 0 Å². The molecule has 1 amide bonds. The van der Waals surface area contributed by atoms with Crippen LogP contribution in [-0.2, 0) is 20.8 Å². The van der Waals surface area contributed by atoms with Gasteiger partial charge >= 0.3 is 0 Å². The molecule has 0 bridgehead atoms. The second-order valence-electron chi connectivity index (χ2n) is 7.27. The maximum atomic E-state index is 12.7. The Morgan fingerprint density at radius 2 is 2.04 bits per heavy atom. The standard InChI is InChI=1S/C18H25N3O3/c22-17(21-5-7-23-8-6-21)9-18-13-20(11-16(18)12-24-14-18)10-15-1-3-19-4-2-15/h1-4,16H,5-14H2/t16-,18+/m1/s1. The number of likely N-dealkylation sites (tertiary alicyclic amines) is 1. The van der Waals surface area contributed by atoms with E-state index in [2.05, 4.69) is 22.0 Å². The van der Waals surface area contributed by atoms with E-state index in [9.17, 15) is 4.79 Å². The van der Waals surface area contributed by atoms with Crippen LogP contribution >= 0.6 is 0 Å². The second kappa shape index (κ2) is 6.78. The van der Waals surface area contributed by atoms with Crippen molar-refractivity contribution in [3.63, 3.8) is 0 Å². The Balaban J connectivity index is 1.41. The molecular formula is C18H25N3O3. The number of fused-ring (bicyclic) bond motifs is 1. The number of amides is 1. The molecule has 3 fully saturated rings. The number of hydrogen-bond donors (Lipinski definition) is 0. The zero-order valence-electron chi connectivity index (χ0n) is 14.0. The van der Waals surface area contributed by atoms with E-state index in [1.165, 1.54) is 5.56 Å². The zero-order valence-corrected chi connectivity index (χ0v) is 14.0. The van der Waals surface area contributed by atoms with Crippen LogP contribution in [0.15, 0.2) is 24.5 Å². The number of pyridine rings is 1. The summed E-state index contributed by atoms with van der Waals surface area (Å²) in [5, 5.41) is 0. The van der Waals surface area contributed by atoms with E-state index in [1.807, 2.05) is 17.3 Å². The number of rotatable bonds is 4. The minimum atomic E-state index is -0.0115. The Bertz CT molecular complexity index is 576. The molecule has 0 N–H and O–H groups in total. The summed E-state index contributed by atoms with van der Waals surface area (Å²) in [4.78, 5) is 21.3. The molecule has 0 saturated carbocycles. The van der Waals surface area contributed by atoms with Crippen molar-refractivity contribution in [2.45, 2.75) is 13.0 Å². The summed E-state index contributed by atoms with van der Waals surface area (Å²) >= 11 is 0. The van der Waals surface area contributed by atoms with Crippen molar-refractivity contribution in [1.29, 1.82) is 0 Å². The van der Waals surface area contributed by atoms with Crippen LogP contribution in [0, 0.1) is 11.3 Å². The van der Waals surface area contributed by atoms with Gasteiger partial charge in [0.1, 0.15) is 0 Å². The fraction of sp³-hybridized carbons (Fsp3) is 0.667. The molecule has 3 aliphatic heterocycles. The molecule has 24 heavy (non-hydrogen) atoms. The zero-order chi connectivity index (χ0) is 16.4. The number of ether oxygens (including phenoxy) is 2. The predicted molar refractivity (Wildman–Crippen MR) is 88.3 cm³/mol. The molecule has 1 aromatic rings. The molecule has 6 heteroatoms. The Morgan fingerprint density at radius 1 is 1.25 bits per heavy atom. The number of aromatic nitrogens is 1. The van der Waals surface area contributed by atoms with Crippen LogP contribution in [-0.4, -0.2) is 73.3 Å². The molecule has 3 saturated heterocycles. The van der Waals surface area contributed by atoms with Crippen molar-refractivity contribution < 1.29 is 14.3 Å². The molecule has 1 aromatic heterocycles. The number of carbonyl (C=O) groups is 1. The number of carbonyl (C=O) groups excluding carboxylic acids is 1. The number of morpholine rings is 1. The largest absolute Gasteiger partial charge is 0.380 e. The van der Waals surface area contributed by atoms with Crippen molar-refractivity contribution in [2.75, 3.05) is 52.6 Å². The summed E-state index contributed by atoms with van der Waals surface area (Å²) in [7, 11) is 0. The molecule has 130 valence electrons. The fourth-order valence-corrected chi connectivity index (χ4v) is 4.29. The lowest BCUT2D eigenvalue weighted by molar-refractivity contribution is -0.138. The Kier molecular flexibility index (Phi) is 4.52. The van der Waals surface area contributed by atoms with E-state index in [0.29, 0.717) is 32.2 Å². The molecule has 0 aromatic carbocycles. The van der Waals surface area contributed by atoms with Crippen LogP contribution in [0.25, 0.3) is 0 Å². The first kappa shape index (κ1) is 16.0. The number of nitrogens with zero attached hydrogens (tertiary/aromatic N) is 3. The smallest absolute Gasteiger partial charge is 0.223 e. The predicted octanol–water partition coefficient (Wildman–Crippen LogP) is 0.779. The third kappa shape index (κ3) is 3.18. The maximum absolute atomic E-state index is 12.7. The SMILES string of the molecule is O=C(C[C@]12COC[C@H]1CN(Cc1ccncc1)C2)N1CCOCC1. The topological polar surface area (TPSA) is 54.9 Å².